The number of nitrogens with zero attached hydrogens (tertiary/aromatic N) is 1. The van der Waals surface area contributed by atoms with Crippen molar-refractivity contribution in [1.82, 2.24) is 0 Å². The number of anilines is 1. The minimum Gasteiger partial charge on any atom is -0.397 e. The third kappa shape index (κ3) is 2.02. The Morgan fingerprint density at radius 2 is 2.22 bits per heavy atom. The Kier molecular flexibility index (Phi) is 3.69. The van der Waals surface area contributed by atoms with Gasteiger partial charge in [-0.2, -0.15) is 5.26 Å². The van der Waals surface area contributed by atoms with Crippen LogP contribution in [-0.4, -0.2) is 0 Å². The highest BCUT2D eigenvalue weighted by molar-refractivity contribution is 9.10. The van der Waals surface area contributed by atoms with Crippen LogP contribution in [0.2, 0.25) is 0 Å². The van der Waals surface area contributed by atoms with Crippen molar-refractivity contribution in [2.45, 2.75) is 13.3 Å². The molecule has 2 rings (SSSR count). The van der Waals surface area contributed by atoms with Gasteiger partial charge in [-0.25, -0.2) is 4.39 Å². The Labute approximate surface area is 117 Å². The van der Waals surface area contributed by atoms with Gasteiger partial charge in [0, 0.05) is 10.4 Å². The summed E-state index contributed by atoms with van der Waals surface area (Å²) in [7, 11) is 0. The first kappa shape index (κ1) is 13.1. The minimum absolute atomic E-state index is 0.319. The topological polar surface area (TPSA) is 49.8 Å². The van der Waals surface area contributed by atoms with Crippen LogP contribution in [0.4, 0.5) is 10.1 Å². The van der Waals surface area contributed by atoms with Gasteiger partial charge in [0.1, 0.15) is 16.8 Å². The summed E-state index contributed by atoms with van der Waals surface area (Å²) in [5, 5.41) is 9.02. The normalized spacial score (nSPS) is 10.3. The van der Waals surface area contributed by atoms with Crippen LogP contribution in [0.3, 0.4) is 0 Å². The number of hydrogen-bond acceptors (Lipinski definition) is 3. The number of halogens is 2. The number of nitriles is 1. The summed E-state index contributed by atoms with van der Waals surface area (Å²) in [4.78, 5) is 1.34. The molecule has 92 valence electrons. The van der Waals surface area contributed by atoms with Crippen molar-refractivity contribution in [3.05, 3.63) is 38.9 Å². The molecule has 0 radical (unpaired) electrons. The van der Waals surface area contributed by atoms with Crippen molar-refractivity contribution in [2.24, 2.45) is 0 Å². The lowest BCUT2D eigenvalue weighted by molar-refractivity contribution is 0.622. The Morgan fingerprint density at radius 3 is 2.83 bits per heavy atom. The maximum atomic E-state index is 13.6. The fourth-order valence-electron chi connectivity index (χ4n) is 1.81. The predicted octanol–water partition coefficient (Wildman–Crippen LogP) is 4.33. The van der Waals surface area contributed by atoms with E-state index in [0.717, 1.165) is 16.0 Å². The first-order valence-electron chi connectivity index (χ1n) is 5.35. The van der Waals surface area contributed by atoms with Crippen LogP contribution in [0.15, 0.2) is 22.7 Å². The first-order chi connectivity index (χ1) is 8.60. The van der Waals surface area contributed by atoms with E-state index in [1.54, 1.807) is 6.07 Å². The number of thiophene rings is 1. The summed E-state index contributed by atoms with van der Waals surface area (Å²) < 4.78 is 14.0. The van der Waals surface area contributed by atoms with E-state index in [2.05, 4.69) is 22.0 Å². The summed E-state index contributed by atoms with van der Waals surface area (Å²) >= 11 is 4.55. The summed E-state index contributed by atoms with van der Waals surface area (Å²) in [5.41, 5.74) is 8.09. The van der Waals surface area contributed by atoms with Gasteiger partial charge < -0.3 is 5.73 Å². The molecular weight excluding hydrogens is 315 g/mol. The van der Waals surface area contributed by atoms with Crippen molar-refractivity contribution in [2.75, 3.05) is 5.73 Å². The smallest absolute Gasteiger partial charge is 0.138 e. The van der Waals surface area contributed by atoms with E-state index >= 15 is 0 Å². The maximum Gasteiger partial charge on any atom is 0.138 e. The fourth-order valence-corrected chi connectivity index (χ4v) is 3.54. The summed E-state index contributed by atoms with van der Waals surface area (Å²) in [6, 6.07) is 6.94. The van der Waals surface area contributed by atoms with Crippen LogP contribution in [0, 0.1) is 17.1 Å². The Morgan fingerprint density at radius 1 is 1.50 bits per heavy atom. The molecule has 18 heavy (non-hydrogen) atoms. The molecule has 0 saturated carbocycles. The van der Waals surface area contributed by atoms with E-state index in [-0.39, 0.29) is 5.82 Å². The first-order valence-corrected chi connectivity index (χ1v) is 6.96. The summed E-state index contributed by atoms with van der Waals surface area (Å²) in [6.45, 7) is 1.97. The predicted molar refractivity (Wildman–Crippen MR) is 75.9 cm³/mol. The molecule has 2 N–H and O–H groups in total. The molecule has 0 atom stereocenters. The number of nitrogen functional groups attached to an aromatic ring is 1. The van der Waals surface area contributed by atoms with E-state index in [0.29, 0.717) is 21.5 Å². The van der Waals surface area contributed by atoms with Crippen molar-refractivity contribution in [3.63, 3.8) is 0 Å². The van der Waals surface area contributed by atoms with Crippen LogP contribution < -0.4 is 5.73 Å². The lowest BCUT2D eigenvalue weighted by atomic mass is 10.1. The number of nitrogens with two attached hydrogens (primary N) is 1. The number of hydrogen-bond donors (Lipinski definition) is 1. The molecule has 0 aliphatic carbocycles. The van der Waals surface area contributed by atoms with Crippen molar-refractivity contribution < 1.29 is 4.39 Å². The Balaban J connectivity index is 2.72. The van der Waals surface area contributed by atoms with Gasteiger partial charge >= 0.3 is 0 Å². The highest BCUT2D eigenvalue weighted by Gasteiger charge is 2.18. The van der Waals surface area contributed by atoms with Crippen LogP contribution in [-0.2, 0) is 6.42 Å². The minimum atomic E-state index is -0.319. The summed E-state index contributed by atoms with van der Waals surface area (Å²) in [5.74, 6) is -0.319. The molecule has 1 aromatic heterocycles. The largest absolute Gasteiger partial charge is 0.397 e. The molecule has 2 nitrogen and oxygen atoms in total. The van der Waals surface area contributed by atoms with Crippen LogP contribution >= 0.6 is 27.3 Å². The lowest BCUT2D eigenvalue weighted by Crippen LogP contribution is -1.92. The Bertz CT molecular complexity index is 643. The van der Waals surface area contributed by atoms with Crippen LogP contribution in [0.1, 0.15) is 17.4 Å². The van der Waals surface area contributed by atoms with E-state index in [1.165, 1.54) is 17.4 Å². The van der Waals surface area contributed by atoms with Crippen molar-refractivity contribution >= 4 is 33.0 Å². The zero-order chi connectivity index (χ0) is 13.3. The van der Waals surface area contributed by atoms with Gasteiger partial charge in [0.05, 0.1) is 10.2 Å². The van der Waals surface area contributed by atoms with Gasteiger partial charge in [0.25, 0.3) is 0 Å². The number of rotatable bonds is 2. The second kappa shape index (κ2) is 5.09. The molecule has 0 aliphatic rings. The molecule has 2 aromatic rings. The standard InChI is InChI=1S/C13H10BrFN2S/c1-2-7-12(17)10(6-16)18-13(7)8-4-3-5-9(15)11(8)14/h3-5H,2,17H2,1H3. The molecule has 0 amide bonds. The monoisotopic (exact) mass is 324 g/mol. The molecule has 0 saturated heterocycles. The molecule has 0 spiro atoms. The average molecular weight is 325 g/mol. The van der Waals surface area contributed by atoms with Crippen LogP contribution in [0.5, 0.6) is 0 Å². The lowest BCUT2D eigenvalue weighted by Gasteiger charge is -2.05. The van der Waals surface area contributed by atoms with E-state index in [1.807, 2.05) is 13.0 Å². The molecule has 5 heteroatoms. The van der Waals surface area contributed by atoms with Gasteiger partial charge in [-0.15, -0.1) is 11.3 Å². The third-order valence-corrected chi connectivity index (χ3v) is 4.69. The second-order valence-electron chi connectivity index (χ2n) is 3.72. The van der Waals surface area contributed by atoms with Gasteiger partial charge in [-0.1, -0.05) is 19.1 Å². The van der Waals surface area contributed by atoms with Gasteiger partial charge in [0.2, 0.25) is 0 Å². The Hall–Kier alpha value is -1.38. The highest BCUT2D eigenvalue weighted by Crippen LogP contribution is 2.42. The zero-order valence-corrected chi connectivity index (χ0v) is 12.0. The molecule has 0 aliphatic heterocycles. The van der Waals surface area contributed by atoms with E-state index < -0.39 is 0 Å². The van der Waals surface area contributed by atoms with E-state index in [9.17, 15) is 4.39 Å². The van der Waals surface area contributed by atoms with E-state index in [4.69, 9.17) is 11.0 Å². The fraction of sp³-hybridized carbons (Fsp3) is 0.154. The van der Waals surface area contributed by atoms with Gasteiger partial charge in [-0.05, 0) is 34.0 Å². The quantitative estimate of drug-likeness (QED) is 0.893. The van der Waals surface area contributed by atoms with Crippen molar-refractivity contribution in [1.29, 1.82) is 5.26 Å². The molecule has 0 bridgehead atoms. The highest BCUT2D eigenvalue weighted by atomic mass is 79.9. The molecular formula is C13H10BrFN2S. The average Bonchev–Trinajstić information content (AvgIpc) is 2.69. The van der Waals surface area contributed by atoms with Crippen LogP contribution in [0.25, 0.3) is 10.4 Å². The number of benzene rings is 1. The van der Waals surface area contributed by atoms with Crippen molar-refractivity contribution in [3.8, 4) is 16.5 Å². The SMILES string of the molecule is CCc1c(-c2cccc(F)c2Br)sc(C#N)c1N. The molecule has 1 aromatic carbocycles. The summed E-state index contributed by atoms with van der Waals surface area (Å²) in [6.07, 6.45) is 0.711. The zero-order valence-electron chi connectivity index (χ0n) is 9.63. The molecule has 0 unspecified atom stereocenters. The molecule has 1 heterocycles. The van der Waals surface area contributed by atoms with Gasteiger partial charge in [0.15, 0.2) is 0 Å². The second-order valence-corrected chi connectivity index (χ2v) is 5.53. The van der Waals surface area contributed by atoms with Gasteiger partial charge in [-0.3, -0.25) is 0 Å². The molecule has 0 fully saturated rings. The maximum absolute atomic E-state index is 13.6. The third-order valence-electron chi connectivity index (χ3n) is 2.70.